The molecule has 0 saturated carbocycles. The molecule has 0 spiro atoms. The number of anilines is 2. The lowest BCUT2D eigenvalue weighted by atomic mass is 9.94. The molecule has 1 aromatic heterocycles. The largest absolute Gasteiger partial charge is 0.397 e. The van der Waals surface area contributed by atoms with Crippen LogP contribution in [0.25, 0.3) is 0 Å². The van der Waals surface area contributed by atoms with Crippen LogP contribution < -0.4 is 11.1 Å². The summed E-state index contributed by atoms with van der Waals surface area (Å²) < 4.78 is 0. The zero-order valence-corrected chi connectivity index (χ0v) is 10.2. The molecule has 0 unspecified atom stereocenters. The SMILES string of the molecule is CCC(CC)(CO)Nc1ccc(N)c(C)n1. The lowest BCUT2D eigenvalue weighted by molar-refractivity contribution is 0.202. The number of hydrogen-bond donors (Lipinski definition) is 3. The monoisotopic (exact) mass is 223 g/mol. The van der Waals surface area contributed by atoms with Gasteiger partial charge >= 0.3 is 0 Å². The summed E-state index contributed by atoms with van der Waals surface area (Å²) in [5, 5.41) is 12.7. The molecule has 4 N–H and O–H groups in total. The number of nitrogens with one attached hydrogen (secondary N) is 1. The van der Waals surface area contributed by atoms with Gasteiger partial charge in [0.05, 0.1) is 23.5 Å². The Morgan fingerprint density at radius 1 is 1.38 bits per heavy atom. The number of nitrogens with two attached hydrogens (primary N) is 1. The zero-order valence-electron chi connectivity index (χ0n) is 10.2. The molecule has 0 aromatic carbocycles. The third-order valence-electron chi connectivity index (χ3n) is 3.18. The fourth-order valence-electron chi connectivity index (χ4n) is 1.60. The topological polar surface area (TPSA) is 71.2 Å². The van der Waals surface area contributed by atoms with Gasteiger partial charge in [-0.2, -0.15) is 0 Å². The molecule has 1 aromatic rings. The molecule has 0 fully saturated rings. The molecular formula is C12H21N3O. The maximum absolute atomic E-state index is 9.45. The van der Waals surface area contributed by atoms with Crippen LogP contribution in [0.15, 0.2) is 12.1 Å². The molecule has 0 saturated heterocycles. The molecule has 0 radical (unpaired) electrons. The summed E-state index contributed by atoms with van der Waals surface area (Å²) in [6, 6.07) is 3.68. The fraction of sp³-hybridized carbons (Fsp3) is 0.583. The van der Waals surface area contributed by atoms with E-state index >= 15 is 0 Å². The molecule has 1 heterocycles. The third kappa shape index (κ3) is 2.64. The van der Waals surface area contributed by atoms with Gasteiger partial charge in [0.1, 0.15) is 5.82 Å². The maximum atomic E-state index is 9.45. The maximum Gasteiger partial charge on any atom is 0.126 e. The standard InChI is InChI=1S/C12H21N3O/c1-4-12(5-2,8-16)15-11-7-6-10(13)9(3)14-11/h6-7,16H,4-5,8,13H2,1-3H3,(H,14,15). The van der Waals surface area contributed by atoms with Crippen molar-refractivity contribution >= 4 is 11.5 Å². The first-order valence-electron chi connectivity index (χ1n) is 5.69. The van der Waals surface area contributed by atoms with E-state index in [1.165, 1.54) is 0 Å². The van der Waals surface area contributed by atoms with Gasteiger partial charge in [0.2, 0.25) is 0 Å². The van der Waals surface area contributed by atoms with Gasteiger partial charge in [-0.3, -0.25) is 0 Å². The van der Waals surface area contributed by atoms with Gasteiger partial charge in [0.15, 0.2) is 0 Å². The van der Waals surface area contributed by atoms with Gasteiger partial charge in [0, 0.05) is 0 Å². The highest BCUT2D eigenvalue weighted by Crippen LogP contribution is 2.21. The van der Waals surface area contributed by atoms with Gasteiger partial charge in [0.25, 0.3) is 0 Å². The summed E-state index contributed by atoms with van der Waals surface area (Å²) in [5.74, 6) is 0.768. The van der Waals surface area contributed by atoms with Crippen LogP contribution in [0, 0.1) is 6.92 Å². The van der Waals surface area contributed by atoms with Crippen molar-refractivity contribution in [2.45, 2.75) is 39.2 Å². The molecule has 90 valence electrons. The molecule has 0 atom stereocenters. The number of aliphatic hydroxyl groups is 1. The minimum atomic E-state index is -0.282. The Morgan fingerprint density at radius 3 is 2.44 bits per heavy atom. The number of hydrogen-bond acceptors (Lipinski definition) is 4. The quantitative estimate of drug-likeness (QED) is 0.713. The van der Waals surface area contributed by atoms with Crippen LogP contribution in [0.1, 0.15) is 32.4 Å². The normalized spacial score (nSPS) is 11.5. The number of nitrogens with zero attached hydrogens (tertiary/aromatic N) is 1. The van der Waals surface area contributed by atoms with Crippen molar-refractivity contribution in [3.8, 4) is 0 Å². The Morgan fingerprint density at radius 2 is 2.00 bits per heavy atom. The Labute approximate surface area is 96.9 Å². The molecule has 0 aliphatic rings. The Kier molecular flexibility index (Phi) is 4.12. The first kappa shape index (κ1) is 12.8. The Hall–Kier alpha value is -1.29. The molecule has 4 nitrogen and oxygen atoms in total. The van der Waals surface area contributed by atoms with Crippen molar-refractivity contribution in [3.63, 3.8) is 0 Å². The third-order valence-corrected chi connectivity index (χ3v) is 3.18. The second-order valence-corrected chi connectivity index (χ2v) is 4.14. The van der Waals surface area contributed by atoms with Crippen molar-refractivity contribution in [3.05, 3.63) is 17.8 Å². The summed E-state index contributed by atoms with van der Waals surface area (Å²) >= 11 is 0. The van der Waals surface area contributed by atoms with E-state index in [0.717, 1.165) is 24.4 Å². The smallest absolute Gasteiger partial charge is 0.126 e. The number of aromatic nitrogens is 1. The average molecular weight is 223 g/mol. The average Bonchev–Trinajstić information content (AvgIpc) is 2.31. The van der Waals surface area contributed by atoms with E-state index < -0.39 is 0 Å². The van der Waals surface area contributed by atoms with Gasteiger partial charge in [-0.1, -0.05) is 13.8 Å². The summed E-state index contributed by atoms with van der Waals surface area (Å²) in [4.78, 5) is 4.35. The molecule has 0 bridgehead atoms. The highest BCUT2D eigenvalue weighted by Gasteiger charge is 2.25. The van der Waals surface area contributed by atoms with E-state index in [1.54, 1.807) is 0 Å². The highest BCUT2D eigenvalue weighted by molar-refractivity contribution is 5.50. The van der Waals surface area contributed by atoms with Gasteiger partial charge in [-0.05, 0) is 31.9 Å². The Bertz CT molecular complexity index is 340. The number of pyridine rings is 1. The van der Waals surface area contributed by atoms with Crippen LogP contribution in [0.3, 0.4) is 0 Å². The van der Waals surface area contributed by atoms with Crippen molar-refractivity contribution in [1.29, 1.82) is 0 Å². The van der Waals surface area contributed by atoms with Crippen LogP contribution in [-0.2, 0) is 0 Å². The van der Waals surface area contributed by atoms with Gasteiger partial charge < -0.3 is 16.2 Å². The molecule has 0 aliphatic carbocycles. The van der Waals surface area contributed by atoms with E-state index in [-0.39, 0.29) is 12.1 Å². The molecular weight excluding hydrogens is 202 g/mol. The summed E-state index contributed by atoms with van der Waals surface area (Å²) in [7, 11) is 0. The first-order chi connectivity index (χ1) is 7.56. The summed E-state index contributed by atoms with van der Waals surface area (Å²) in [5.41, 5.74) is 6.93. The molecule has 0 amide bonds. The van der Waals surface area contributed by atoms with E-state index in [4.69, 9.17) is 5.73 Å². The summed E-state index contributed by atoms with van der Waals surface area (Å²) in [6.45, 7) is 6.08. The van der Waals surface area contributed by atoms with Crippen molar-refractivity contribution < 1.29 is 5.11 Å². The second kappa shape index (κ2) is 5.16. The number of aliphatic hydroxyl groups excluding tert-OH is 1. The van der Waals surface area contributed by atoms with Crippen LogP contribution in [-0.4, -0.2) is 22.2 Å². The lowest BCUT2D eigenvalue weighted by Gasteiger charge is -2.31. The predicted molar refractivity (Wildman–Crippen MR) is 67.4 cm³/mol. The second-order valence-electron chi connectivity index (χ2n) is 4.14. The number of aryl methyl sites for hydroxylation is 1. The van der Waals surface area contributed by atoms with Crippen LogP contribution in [0.2, 0.25) is 0 Å². The number of rotatable bonds is 5. The van der Waals surface area contributed by atoms with Crippen molar-refractivity contribution in [1.82, 2.24) is 4.98 Å². The highest BCUT2D eigenvalue weighted by atomic mass is 16.3. The van der Waals surface area contributed by atoms with E-state index in [1.807, 2.05) is 19.1 Å². The molecule has 0 aliphatic heterocycles. The fourth-order valence-corrected chi connectivity index (χ4v) is 1.60. The lowest BCUT2D eigenvalue weighted by Crippen LogP contribution is -2.41. The molecule has 16 heavy (non-hydrogen) atoms. The predicted octanol–water partition coefficient (Wildman–Crippen LogP) is 1.94. The minimum absolute atomic E-state index is 0.102. The Balaban J connectivity index is 2.89. The van der Waals surface area contributed by atoms with Gasteiger partial charge in [-0.25, -0.2) is 4.98 Å². The van der Waals surface area contributed by atoms with E-state index in [0.29, 0.717) is 5.69 Å². The minimum Gasteiger partial charge on any atom is -0.397 e. The van der Waals surface area contributed by atoms with E-state index in [2.05, 4.69) is 24.1 Å². The first-order valence-corrected chi connectivity index (χ1v) is 5.69. The number of nitrogen functional groups attached to an aromatic ring is 1. The van der Waals surface area contributed by atoms with Crippen LogP contribution in [0.5, 0.6) is 0 Å². The molecule has 1 rings (SSSR count). The molecule has 4 heteroatoms. The van der Waals surface area contributed by atoms with Crippen LogP contribution in [0.4, 0.5) is 11.5 Å². The van der Waals surface area contributed by atoms with Crippen LogP contribution >= 0.6 is 0 Å². The van der Waals surface area contributed by atoms with Crippen molar-refractivity contribution in [2.75, 3.05) is 17.7 Å². The van der Waals surface area contributed by atoms with Gasteiger partial charge in [-0.15, -0.1) is 0 Å². The zero-order chi connectivity index (χ0) is 12.2. The van der Waals surface area contributed by atoms with E-state index in [9.17, 15) is 5.11 Å². The van der Waals surface area contributed by atoms with Crippen molar-refractivity contribution in [2.24, 2.45) is 0 Å². The summed E-state index contributed by atoms with van der Waals surface area (Å²) in [6.07, 6.45) is 1.70.